The van der Waals surface area contributed by atoms with Crippen molar-refractivity contribution in [1.82, 2.24) is 9.62 Å². The summed E-state index contributed by atoms with van der Waals surface area (Å²) in [6.07, 6.45) is -1.72. The number of rotatable bonds is 5. The highest BCUT2D eigenvalue weighted by atomic mass is 32.2. The molecule has 1 aliphatic carbocycles. The number of alkyl halides is 2. The van der Waals surface area contributed by atoms with E-state index in [4.69, 9.17) is 5.11 Å². The number of carbonyl (C=O) groups excluding carboxylic acids is 1. The number of carboxylic acid groups (broad SMARTS) is 1. The van der Waals surface area contributed by atoms with Crippen LogP contribution >= 0.6 is 0 Å². The lowest BCUT2D eigenvalue weighted by Gasteiger charge is -2.25. The third-order valence-corrected chi connectivity index (χ3v) is 5.73. The van der Waals surface area contributed by atoms with Crippen molar-refractivity contribution >= 4 is 22.1 Å². The van der Waals surface area contributed by atoms with Crippen molar-refractivity contribution in [1.29, 1.82) is 0 Å². The number of carbonyl (C=O) groups is 2. The third kappa shape index (κ3) is 3.14. The SMILES string of the molecule is COC(=O)C[C@H]1N(C(=O)O)C[C@@H](NS(=O)(=O)C2CC2)C1(F)F. The first kappa shape index (κ1) is 16.9. The molecule has 2 aliphatic rings. The van der Waals surface area contributed by atoms with E-state index < -0.39 is 58.3 Å². The minimum atomic E-state index is -3.91. The predicted molar refractivity (Wildman–Crippen MR) is 69.0 cm³/mol. The standard InChI is InChI=1S/C11H16F2N2O6S/c1-21-9(16)4-8-11(12,13)7(5-15(8)10(17)18)14-22(19,20)6-2-3-6/h6-8,14H,2-5H2,1H3,(H,17,18)/t7-,8-/m1/s1. The minimum absolute atomic E-state index is 0.372. The molecule has 1 aliphatic heterocycles. The number of hydrogen-bond donors (Lipinski definition) is 2. The first-order valence-corrected chi connectivity index (χ1v) is 8.09. The lowest BCUT2D eigenvalue weighted by Crippen LogP contribution is -2.50. The van der Waals surface area contributed by atoms with Crippen molar-refractivity contribution in [3.05, 3.63) is 0 Å². The predicted octanol–water partition coefficient (Wildman–Crippen LogP) is -0.00260. The van der Waals surface area contributed by atoms with Crippen LogP contribution in [0.2, 0.25) is 0 Å². The largest absolute Gasteiger partial charge is 0.469 e. The van der Waals surface area contributed by atoms with Crippen molar-refractivity contribution in [3.63, 3.8) is 0 Å². The quantitative estimate of drug-likeness (QED) is 0.680. The molecule has 0 unspecified atom stereocenters. The van der Waals surface area contributed by atoms with Gasteiger partial charge in [-0.05, 0) is 12.8 Å². The summed E-state index contributed by atoms with van der Waals surface area (Å²) in [6, 6.07) is -3.87. The van der Waals surface area contributed by atoms with Crippen LogP contribution in [0.3, 0.4) is 0 Å². The van der Waals surface area contributed by atoms with Gasteiger partial charge in [0.05, 0.1) is 18.8 Å². The zero-order chi connectivity index (χ0) is 16.7. The van der Waals surface area contributed by atoms with Crippen LogP contribution in [0.25, 0.3) is 0 Å². The number of nitrogens with zero attached hydrogens (tertiary/aromatic N) is 1. The molecule has 0 aromatic heterocycles. The molecule has 1 amide bonds. The van der Waals surface area contributed by atoms with Crippen LogP contribution in [0.15, 0.2) is 0 Å². The molecule has 2 fully saturated rings. The van der Waals surface area contributed by atoms with Crippen LogP contribution in [0.5, 0.6) is 0 Å². The van der Waals surface area contributed by atoms with E-state index in [0.29, 0.717) is 17.7 Å². The summed E-state index contributed by atoms with van der Waals surface area (Å²) < 4.78 is 58.5. The van der Waals surface area contributed by atoms with Gasteiger partial charge < -0.3 is 9.84 Å². The van der Waals surface area contributed by atoms with Gasteiger partial charge in [0.25, 0.3) is 5.92 Å². The van der Waals surface area contributed by atoms with Gasteiger partial charge in [-0.25, -0.2) is 26.7 Å². The Morgan fingerprint density at radius 1 is 1.41 bits per heavy atom. The summed E-state index contributed by atoms with van der Waals surface area (Å²) in [4.78, 5) is 22.7. The van der Waals surface area contributed by atoms with Crippen molar-refractivity contribution in [2.75, 3.05) is 13.7 Å². The van der Waals surface area contributed by atoms with Gasteiger partial charge in [-0.2, -0.15) is 0 Å². The maximum Gasteiger partial charge on any atom is 0.407 e. The summed E-state index contributed by atoms with van der Waals surface area (Å²) in [5.41, 5.74) is 0. The van der Waals surface area contributed by atoms with Crippen LogP contribution in [0.4, 0.5) is 13.6 Å². The van der Waals surface area contributed by atoms with E-state index in [9.17, 15) is 26.8 Å². The van der Waals surface area contributed by atoms with E-state index in [0.717, 1.165) is 7.11 Å². The van der Waals surface area contributed by atoms with Crippen LogP contribution in [-0.2, 0) is 19.6 Å². The first-order chi connectivity index (χ1) is 10.1. The molecule has 8 nitrogen and oxygen atoms in total. The molecule has 11 heteroatoms. The lowest BCUT2D eigenvalue weighted by atomic mass is 10.1. The van der Waals surface area contributed by atoms with Gasteiger partial charge in [-0.15, -0.1) is 0 Å². The maximum absolute atomic E-state index is 14.4. The first-order valence-electron chi connectivity index (χ1n) is 6.55. The van der Waals surface area contributed by atoms with Gasteiger partial charge in [0.15, 0.2) is 0 Å². The number of likely N-dealkylation sites (tertiary alicyclic amines) is 1. The molecule has 0 aromatic rings. The molecule has 0 spiro atoms. The highest BCUT2D eigenvalue weighted by Crippen LogP contribution is 2.38. The second-order valence-corrected chi connectivity index (χ2v) is 7.31. The van der Waals surface area contributed by atoms with E-state index in [1.165, 1.54) is 0 Å². The molecule has 2 N–H and O–H groups in total. The Bertz CT molecular complexity index is 577. The monoisotopic (exact) mass is 342 g/mol. The number of sulfonamides is 1. The Hall–Kier alpha value is -1.49. The Morgan fingerprint density at radius 2 is 2.00 bits per heavy atom. The number of halogens is 2. The van der Waals surface area contributed by atoms with Gasteiger partial charge in [-0.1, -0.05) is 0 Å². The summed E-state index contributed by atoms with van der Waals surface area (Å²) in [5.74, 6) is -4.71. The average molecular weight is 342 g/mol. The summed E-state index contributed by atoms with van der Waals surface area (Å²) in [7, 11) is -2.92. The number of amides is 1. The van der Waals surface area contributed by atoms with Gasteiger partial charge in [0.2, 0.25) is 10.0 Å². The minimum Gasteiger partial charge on any atom is -0.469 e. The normalized spacial score (nSPS) is 27.7. The van der Waals surface area contributed by atoms with Gasteiger partial charge in [-0.3, -0.25) is 9.69 Å². The molecular formula is C11H16F2N2O6S. The van der Waals surface area contributed by atoms with Crippen LogP contribution < -0.4 is 4.72 Å². The van der Waals surface area contributed by atoms with Crippen molar-refractivity contribution in [2.24, 2.45) is 0 Å². The molecule has 126 valence electrons. The number of esters is 1. The second-order valence-electron chi connectivity index (χ2n) is 5.32. The average Bonchev–Trinajstić information content (AvgIpc) is 3.21. The Kier molecular flexibility index (Phi) is 4.30. The molecule has 2 atom stereocenters. The van der Waals surface area contributed by atoms with E-state index in [1.807, 2.05) is 4.72 Å². The molecule has 22 heavy (non-hydrogen) atoms. The molecule has 1 heterocycles. The Labute approximate surface area is 125 Å². The number of methoxy groups -OCH3 is 1. The highest BCUT2D eigenvalue weighted by Gasteiger charge is 2.60. The molecule has 0 aromatic carbocycles. The summed E-state index contributed by atoms with van der Waals surface area (Å²) >= 11 is 0. The third-order valence-electron chi connectivity index (χ3n) is 3.77. The smallest absolute Gasteiger partial charge is 0.407 e. The van der Waals surface area contributed by atoms with Crippen molar-refractivity contribution in [3.8, 4) is 0 Å². The molecule has 1 saturated carbocycles. The fraction of sp³-hybridized carbons (Fsp3) is 0.818. The number of hydrogen-bond acceptors (Lipinski definition) is 5. The molecular weight excluding hydrogens is 326 g/mol. The number of nitrogens with one attached hydrogen (secondary N) is 1. The Morgan fingerprint density at radius 3 is 2.45 bits per heavy atom. The fourth-order valence-corrected chi connectivity index (χ4v) is 3.95. The lowest BCUT2D eigenvalue weighted by molar-refractivity contribution is -0.145. The zero-order valence-electron chi connectivity index (χ0n) is 11.7. The van der Waals surface area contributed by atoms with E-state index in [1.54, 1.807) is 0 Å². The zero-order valence-corrected chi connectivity index (χ0v) is 12.5. The molecule has 1 saturated heterocycles. The highest BCUT2D eigenvalue weighted by molar-refractivity contribution is 7.90. The Balaban J connectivity index is 2.22. The summed E-state index contributed by atoms with van der Waals surface area (Å²) in [5, 5.41) is 8.30. The second kappa shape index (κ2) is 5.61. The van der Waals surface area contributed by atoms with Crippen LogP contribution in [0.1, 0.15) is 19.3 Å². The van der Waals surface area contributed by atoms with E-state index in [2.05, 4.69) is 4.74 Å². The topological polar surface area (TPSA) is 113 Å². The van der Waals surface area contributed by atoms with E-state index >= 15 is 0 Å². The van der Waals surface area contributed by atoms with Crippen LogP contribution in [-0.4, -0.2) is 67.4 Å². The molecule has 2 rings (SSSR count). The van der Waals surface area contributed by atoms with Gasteiger partial charge in [0.1, 0.15) is 12.1 Å². The number of ether oxygens (including phenoxy) is 1. The molecule has 0 bridgehead atoms. The maximum atomic E-state index is 14.4. The van der Waals surface area contributed by atoms with Crippen molar-refractivity contribution in [2.45, 2.75) is 42.5 Å². The van der Waals surface area contributed by atoms with Crippen molar-refractivity contribution < 1.29 is 36.6 Å². The summed E-state index contributed by atoms with van der Waals surface area (Å²) in [6.45, 7) is -0.726. The van der Waals surface area contributed by atoms with Gasteiger partial charge >= 0.3 is 12.1 Å². The van der Waals surface area contributed by atoms with E-state index in [-0.39, 0.29) is 0 Å². The van der Waals surface area contributed by atoms with Crippen LogP contribution in [0, 0.1) is 0 Å². The van der Waals surface area contributed by atoms with Gasteiger partial charge in [0, 0.05) is 6.54 Å². The fourth-order valence-electron chi connectivity index (χ4n) is 2.37. The molecule has 0 radical (unpaired) electrons.